The van der Waals surface area contributed by atoms with Crippen LogP contribution >= 0.6 is 15.9 Å². The summed E-state index contributed by atoms with van der Waals surface area (Å²) < 4.78 is 27.2. The molecule has 1 N–H and O–H groups in total. The van der Waals surface area contributed by atoms with Crippen molar-refractivity contribution < 1.29 is 8.78 Å². The van der Waals surface area contributed by atoms with Crippen molar-refractivity contribution in [3.05, 3.63) is 51.4 Å². The van der Waals surface area contributed by atoms with Gasteiger partial charge in [-0.3, -0.25) is 0 Å². The first-order valence-electron chi connectivity index (χ1n) is 6.21. The third-order valence-electron chi connectivity index (χ3n) is 2.82. The third-order valence-corrected chi connectivity index (χ3v) is 3.66. The average molecular weight is 342 g/mol. The molecule has 0 atom stereocenters. The van der Waals surface area contributed by atoms with Gasteiger partial charge in [-0.25, -0.2) is 18.7 Å². The van der Waals surface area contributed by atoms with E-state index >= 15 is 0 Å². The number of aromatic nitrogens is 2. The molecule has 6 heteroatoms. The lowest BCUT2D eigenvalue weighted by atomic mass is 10.1. The Morgan fingerprint density at radius 3 is 2.35 bits per heavy atom. The maximum absolute atomic E-state index is 13.2. The fraction of sp³-hybridized carbons (Fsp3) is 0.286. The molecular weight excluding hydrogens is 328 g/mol. The summed E-state index contributed by atoms with van der Waals surface area (Å²) in [5, 5.41) is 2.97. The molecule has 0 saturated heterocycles. The molecule has 2 aromatic rings. The van der Waals surface area contributed by atoms with E-state index in [1.54, 1.807) is 7.05 Å². The van der Waals surface area contributed by atoms with Crippen LogP contribution in [0.1, 0.15) is 24.0 Å². The highest BCUT2D eigenvalue weighted by molar-refractivity contribution is 9.10. The number of hydrogen-bond acceptors (Lipinski definition) is 3. The number of nitrogens with zero attached hydrogens (tertiary/aromatic N) is 2. The molecule has 0 spiro atoms. The first-order chi connectivity index (χ1) is 9.53. The van der Waals surface area contributed by atoms with Crippen LogP contribution in [-0.2, 0) is 12.8 Å². The van der Waals surface area contributed by atoms with Crippen LogP contribution in [0.3, 0.4) is 0 Å². The molecule has 0 radical (unpaired) electrons. The number of anilines is 1. The van der Waals surface area contributed by atoms with Gasteiger partial charge in [0.25, 0.3) is 0 Å². The Morgan fingerprint density at radius 2 is 1.80 bits per heavy atom. The van der Waals surface area contributed by atoms with E-state index in [2.05, 4.69) is 31.2 Å². The number of nitrogens with one attached hydrogen (secondary N) is 1. The number of halogens is 3. The predicted molar refractivity (Wildman–Crippen MR) is 77.8 cm³/mol. The second kappa shape index (κ2) is 6.26. The number of hydrogen-bond donors (Lipinski definition) is 1. The van der Waals surface area contributed by atoms with E-state index in [9.17, 15) is 8.78 Å². The van der Waals surface area contributed by atoms with Crippen molar-refractivity contribution in [2.75, 3.05) is 12.4 Å². The molecule has 0 bridgehead atoms. The van der Waals surface area contributed by atoms with E-state index in [4.69, 9.17) is 0 Å². The lowest BCUT2D eigenvalue weighted by Gasteiger charge is -2.10. The molecule has 1 aromatic heterocycles. The monoisotopic (exact) mass is 341 g/mol. The molecule has 0 saturated carbocycles. The van der Waals surface area contributed by atoms with E-state index in [1.807, 2.05) is 6.92 Å². The molecular formula is C14H14BrF2N3. The van der Waals surface area contributed by atoms with Crippen LogP contribution < -0.4 is 5.32 Å². The van der Waals surface area contributed by atoms with Gasteiger partial charge in [0.15, 0.2) is 0 Å². The Labute approximate surface area is 124 Å². The smallest absolute Gasteiger partial charge is 0.144 e. The summed E-state index contributed by atoms with van der Waals surface area (Å²) in [6.07, 6.45) is 1.02. The van der Waals surface area contributed by atoms with Crippen LogP contribution in [0.25, 0.3) is 0 Å². The van der Waals surface area contributed by atoms with Crippen LogP contribution in [-0.4, -0.2) is 17.0 Å². The molecule has 1 heterocycles. The Bertz CT molecular complexity index is 587. The van der Waals surface area contributed by atoms with Crippen molar-refractivity contribution in [1.82, 2.24) is 9.97 Å². The van der Waals surface area contributed by atoms with Gasteiger partial charge < -0.3 is 5.32 Å². The Morgan fingerprint density at radius 1 is 1.15 bits per heavy atom. The molecule has 0 aliphatic rings. The minimum atomic E-state index is -0.596. The van der Waals surface area contributed by atoms with Crippen LogP contribution in [0.5, 0.6) is 0 Å². The van der Waals surface area contributed by atoms with Gasteiger partial charge in [-0.15, -0.1) is 0 Å². The van der Waals surface area contributed by atoms with Crippen LogP contribution in [0.15, 0.2) is 22.7 Å². The molecule has 20 heavy (non-hydrogen) atoms. The second-order valence-corrected chi connectivity index (χ2v) is 5.10. The van der Waals surface area contributed by atoms with E-state index in [-0.39, 0.29) is 6.42 Å². The van der Waals surface area contributed by atoms with Gasteiger partial charge >= 0.3 is 0 Å². The summed E-state index contributed by atoms with van der Waals surface area (Å²) in [4.78, 5) is 8.75. The fourth-order valence-corrected chi connectivity index (χ4v) is 2.58. The van der Waals surface area contributed by atoms with E-state index < -0.39 is 11.6 Å². The summed E-state index contributed by atoms with van der Waals surface area (Å²) in [5.74, 6) is 0.00598. The lowest BCUT2D eigenvalue weighted by Crippen LogP contribution is -2.06. The number of benzene rings is 1. The quantitative estimate of drug-likeness (QED) is 0.921. The normalized spacial score (nSPS) is 10.7. The average Bonchev–Trinajstić information content (AvgIpc) is 2.39. The summed E-state index contributed by atoms with van der Waals surface area (Å²) in [5.41, 5.74) is 1.37. The standard InChI is InChI=1S/C14H14BrF2N3/c1-3-11-13(15)14(18-2)20-12(19-11)6-8-4-9(16)7-10(17)5-8/h4-5,7H,3,6H2,1-2H3,(H,18,19,20). The van der Waals surface area contributed by atoms with Crippen LogP contribution in [0, 0.1) is 11.6 Å². The fourth-order valence-electron chi connectivity index (χ4n) is 1.92. The van der Waals surface area contributed by atoms with Crippen LogP contribution in [0.4, 0.5) is 14.6 Å². The van der Waals surface area contributed by atoms with Crippen LogP contribution in [0.2, 0.25) is 0 Å². The molecule has 0 amide bonds. The molecule has 3 nitrogen and oxygen atoms in total. The first-order valence-corrected chi connectivity index (χ1v) is 7.00. The summed E-state index contributed by atoms with van der Waals surface area (Å²) >= 11 is 3.44. The molecule has 1 aromatic carbocycles. The predicted octanol–water partition coefficient (Wildman–Crippen LogP) is 3.71. The Kier molecular flexibility index (Phi) is 4.65. The van der Waals surface area contributed by atoms with Crippen molar-refractivity contribution in [3.8, 4) is 0 Å². The van der Waals surface area contributed by atoms with Crippen molar-refractivity contribution in [1.29, 1.82) is 0 Å². The van der Waals surface area contributed by atoms with Gasteiger partial charge in [0.1, 0.15) is 23.3 Å². The van der Waals surface area contributed by atoms with E-state index in [1.165, 1.54) is 12.1 Å². The zero-order chi connectivity index (χ0) is 14.7. The topological polar surface area (TPSA) is 37.8 Å². The maximum Gasteiger partial charge on any atom is 0.144 e. The molecule has 106 valence electrons. The summed E-state index contributed by atoms with van der Waals surface area (Å²) in [7, 11) is 1.76. The summed E-state index contributed by atoms with van der Waals surface area (Å²) in [6.45, 7) is 1.98. The third kappa shape index (κ3) is 3.30. The second-order valence-electron chi connectivity index (χ2n) is 4.31. The molecule has 0 unspecified atom stereocenters. The molecule has 0 fully saturated rings. The first kappa shape index (κ1) is 14.8. The number of aryl methyl sites for hydroxylation is 1. The summed E-state index contributed by atoms with van der Waals surface area (Å²) in [6, 6.07) is 3.43. The van der Waals surface area contributed by atoms with E-state index in [0.29, 0.717) is 17.2 Å². The maximum atomic E-state index is 13.2. The Balaban J connectivity index is 2.38. The lowest BCUT2D eigenvalue weighted by molar-refractivity contribution is 0.580. The molecule has 0 aliphatic carbocycles. The van der Waals surface area contributed by atoms with E-state index in [0.717, 1.165) is 22.7 Å². The largest absolute Gasteiger partial charge is 0.372 e. The minimum absolute atomic E-state index is 0.281. The molecule has 2 rings (SSSR count). The zero-order valence-corrected chi connectivity index (χ0v) is 12.8. The van der Waals surface area contributed by atoms with Gasteiger partial charge in [-0.05, 0) is 40.0 Å². The minimum Gasteiger partial charge on any atom is -0.372 e. The van der Waals surface area contributed by atoms with Gasteiger partial charge in [0, 0.05) is 19.5 Å². The SMILES string of the molecule is CCc1nc(Cc2cc(F)cc(F)c2)nc(NC)c1Br. The molecule has 0 aliphatic heterocycles. The van der Waals surface area contributed by atoms with Crippen molar-refractivity contribution in [2.45, 2.75) is 19.8 Å². The van der Waals surface area contributed by atoms with Crippen molar-refractivity contribution in [2.24, 2.45) is 0 Å². The zero-order valence-electron chi connectivity index (χ0n) is 11.2. The van der Waals surface area contributed by atoms with Gasteiger partial charge in [-0.1, -0.05) is 6.92 Å². The Hall–Kier alpha value is -1.56. The highest BCUT2D eigenvalue weighted by atomic mass is 79.9. The van der Waals surface area contributed by atoms with Crippen molar-refractivity contribution in [3.63, 3.8) is 0 Å². The van der Waals surface area contributed by atoms with Gasteiger partial charge in [0.05, 0.1) is 10.2 Å². The van der Waals surface area contributed by atoms with Gasteiger partial charge in [-0.2, -0.15) is 0 Å². The van der Waals surface area contributed by atoms with Gasteiger partial charge in [0.2, 0.25) is 0 Å². The highest BCUT2D eigenvalue weighted by Crippen LogP contribution is 2.24. The van der Waals surface area contributed by atoms with Crippen molar-refractivity contribution >= 4 is 21.7 Å². The number of rotatable bonds is 4. The highest BCUT2D eigenvalue weighted by Gasteiger charge is 2.11.